The third kappa shape index (κ3) is 8.36. The van der Waals surface area contributed by atoms with Gasteiger partial charge in [0.1, 0.15) is 23.9 Å². The maximum atomic E-state index is 12.6. The molecule has 1 aromatic rings. The maximum absolute atomic E-state index is 12.6. The Hall–Kier alpha value is -2.83. The summed E-state index contributed by atoms with van der Waals surface area (Å²) in [6.45, 7) is 2.53. The first-order chi connectivity index (χ1) is 15.0. The number of carbonyl (C=O) groups is 4. The lowest BCUT2D eigenvalue weighted by molar-refractivity contribution is -0.142. The zero-order chi connectivity index (χ0) is 24.4. The van der Waals surface area contributed by atoms with Gasteiger partial charge in [0, 0.05) is 5.75 Å². The summed E-state index contributed by atoms with van der Waals surface area (Å²) in [6.07, 6.45) is 0.128. The van der Waals surface area contributed by atoms with E-state index in [1.54, 1.807) is 26.0 Å². The van der Waals surface area contributed by atoms with E-state index in [0.717, 1.165) is 0 Å². The lowest BCUT2D eigenvalue weighted by Gasteiger charge is -2.26. The van der Waals surface area contributed by atoms with Crippen LogP contribution in [0.2, 0.25) is 0 Å². The Bertz CT molecular complexity index is 804. The van der Waals surface area contributed by atoms with Crippen LogP contribution >= 0.6 is 12.6 Å². The molecule has 0 bridgehead atoms. The van der Waals surface area contributed by atoms with E-state index in [-0.39, 0.29) is 17.9 Å². The van der Waals surface area contributed by atoms with Crippen molar-refractivity contribution in [1.29, 1.82) is 0 Å². The quantitative estimate of drug-likeness (QED) is 0.167. The van der Waals surface area contributed by atoms with Gasteiger partial charge in [-0.3, -0.25) is 14.4 Å². The van der Waals surface area contributed by atoms with Crippen LogP contribution in [0.5, 0.6) is 5.75 Å². The standard InChI is InChI=1S/C20H30N4O7S/c1-10(2)16(19(29)23-15(9-32)20(30)31)24-18(28)14(8-25)22-17(27)13(21)7-11-3-5-12(26)6-4-11/h3-6,10,13-16,25-26,32H,7-9,21H2,1-2H3,(H,22,27)(H,23,29)(H,24,28)(H,30,31). The number of nitrogens with two attached hydrogens (primary N) is 1. The second kappa shape index (κ2) is 12.9. The molecule has 0 fully saturated rings. The van der Waals surface area contributed by atoms with Gasteiger partial charge < -0.3 is 37.0 Å². The number of rotatable bonds is 12. The van der Waals surface area contributed by atoms with Crippen LogP contribution in [0.4, 0.5) is 0 Å². The van der Waals surface area contributed by atoms with E-state index in [1.165, 1.54) is 12.1 Å². The predicted molar refractivity (Wildman–Crippen MR) is 119 cm³/mol. The molecule has 0 heterocycles. The molecule has 3 amide bonds. The molecular weight excluding hydrogens is 440 g/mol. The molecule has 0 spiro atoms. The van der Waals surface area contributed by atoms with Gasteiger partial charge in [-0.25, -0.2) is 4.79 Å². The third-order valence-electron chi connectivity index (χ3n) is 4.59. The highest BCUT2D eigenvalue weighted by molar-refractivity contribution is 7.80. The first kappa shape index (κ1) is 27.2. The number of carbonyl (C=O) groups excluding carboxylic acids is 3. The normalized spacial score (nSPS) is 14.7. The SMILES string of the molecule is CC(C)C(NC(=O)C(CO)NC(=O)C(N)Cc1ccc(O)cc1)C(=O)NC(CS)C(=O)O. The number of aromatic hydroxyl groups is 1. The number of amides is 3. The number of nitrogens with one attached hydrogen (secondary N) is 3. The Morgan fingerprint density at radius 3 is 2.00 bits per heavy atom. The van der Waals surface area contributed by atoms with Gasteiger partial charge in [0.2, 0.25) is 17.7 Å². The van der Waals surface area contributed by atoms with Crippen LogP contribution in [-0.2, 0) is 25.6 Å². The van der Waals surface area contributed by atoms with E-state index in [0.29, 0.717) is 5.56 Å². The summed E-state index contributed by atoms with van der Waals surface area (Å²) in [7, 11) is 0. The molecule has 1 rings (SSSR count). The van der Waals surface area contributed by atoms with Crippen LogP contribution in [0.15, 0.2) is 24.3 Å². The molecule has 0 saturated heterocycles. The highest BCUT2D eigenvalue weighted by Gasteiger charge is 2.31. The zero-order valence-electron chi connectivity index (χ0n) is 17.8. The molecule has 178 valence electrons. The van der Waals surface area contributed by atoms with Gasteiger partial charge in [0.25, 0.3) is 0 Å². The van der Waals surface area contributed by atoms with Crippen LogP contribution in [0.1, 0.15) is 19.4 Å². The van der Waals surface area contributed by atoms with Gasteiger partial charge in [-0.2, -0.15) is 12.6 Å². The van der Waals surface area contributed by atoms with Gasteiger partial charge in [-0.15, -0.1) is 0 Å². The van der Waals surface area contributed by atoms with Crippen molar-refractivity contribution in [3.63, 3.8) is 0 Å². The average Bonchev–Trinajstić information content (AvgIpc) is 2.74. The molecule has 8 N–H and O–H groups in total. The molecule has 12 heteroatoms. The molecule has 1 aromatic carbocycles. The van der Waals surface area contributed by atoms with E-state index in [4.69, 9.17) is 10.8 Å². The van der Waals surface area contributed by atoms with Gasteiger partial charge >= 0.3 is 5.97 Å². The number of aliphatic hydroxyl groups is 1. The zero-order valence-corrected chi connectivity index (χ0v) is 18.7. The Morgan fingerprint density at radius 2 is 1.53 bits per heavy atom. The van der Waals surface area contributed by atoms with Gasteiger partial charge in [-0.05, 0) is 30.0 Å². The Labute approximate surface area is 191 Å². The second-order valence-electron chi connectivity index (χ2n) is 7.53. The van der Waals surface area contributed by atoms with E-state index in [9.17, 15) is 29.4 Å². The summed E-state index contributed by atoms with van der Waals surface area (Å²) < 4.78 is 0. The monoisotopic (exact) mass is 470 g/mol. The van der Waals surface area contributed by atoms with Crippen LogP contribution < -0.4 is 21.7 Å². The number of carboxylic acids is 1. The topological polar surface area (TPSA) is 191 Å². The fraction of sp³-hybridized carbons (Fsp3) is 0.500. The van der Waals surface area contributed by atoms with Crippen molar-refractivity contribution in [2.75, 3.05) is 12.4 Å². The molecule has 0 saturated carbocycles. The predicted octanol–water partition coefficient (Wildman–Crippen LogP) is -1.62. The third-order valence-corrected chi connectivity index (χ3v) is 4.95. The molecule has 0 aromatic heterocycles. The minimum absolute atomic E-state index is 0.0663. The number of aliphatic carboxylic acids is 1. The van der Waals surface area contributed by atoms with E-state index < -0.39 is 60.4 Å². The average molecular weight is 471 g/mol. The van der Waals surface area contributed by atoms with Crippen molar-refractivity contribution in [2.45, 2.75) is 44.4 Å². The number of aliphatic hydroxyl groups excluding tert-OH is 1. The van der Waals surface area contributed by atoms with Crippen LogP contribution in [0.3, 0.4) is 0 Å². The number of thiol groups is 1. The number of carboxylic acid groups (broad SMARTS) is 1. The summed E-state index contributed by atoms with van der Waals surface area (Å²) in [5, 5.41) is 35.0. The van der Waals surface area contributed by atoms with Crippen molar-refractivity contribution in [1.82, 2.24) is 16.0 Å². The number of phenols is 1. The molecule has 32 heavy (non-hydrogen) atoms. The Kier molecular flexibility index (Phi) is 11.0. The molecule has 4 atom stereocenters. The van der Waals surface area contributed by atoms with Crippen LogP contribution in [0.25, 0.3) is 0 Å². The summed E-state index contributed by atoms with van der Waals surface area (Å²) in [6, 6.07) is 1.34. The summed E-state index contributed by atoms with van der Waals surface area (Å²) in [5.74, 6) is -4.03. The Balaban J connectivity index is 2.77. The molecule has 4 unspecified atom stereocenters. The van der Waals surface area contributed by atoms with E-state index in [2.05, 4.69) is 28.6 Å². The summed E-state index contributed by atoms with van der Waals surface area (Å²) in [5.41, 5.74) is 6.56. The summed E-state index contributed by atoms with van der Waals surface area (Å²) in [4.78, 5) is 48.5. The van der Waals surface area contributed by atoms with Crippen molar-refractivity contribution in [3.05, 3.63) is 29.8 Å². The fourth-order valence-electron chi connectivity index (χ4n) is 2.69. The molecule has 0 aliphatic heterocycles. The van der Waals surface area contributed by atoms with Crippen LogP contribution in [0, 0.1) is 5.92 Å². The molecular formula is C20H30N4O7S. The number of benzene rings is 1. The molecule has 11 nitrogen and oxygen atoms in total. The molecule has 0 radical (unpaired) electrons. The number of hydrogen-bond donors (Lipinski definition) is 8. The highest BCUT2D eigenvalue weighted by atomic mass is 32.1. The lowest BCUT2D eigenvalue weighted by atomic mass is 10.0. The lowest BCUT2D eigenvalue weighted by Crippen LogP contribution is -2.59. The maximum Gasteiger partial charge on any atom is 0.327 e. The van der Waals surface area contributed by atoms with Crippen molar-refractivity contribution in [3.8, 4) is 5.75 Å². The first-order valence-electron chi connectivity index (χ1n) is 9.89. The second-order valence-corrected chi connectivity index (χ2v) is 7.90. The minimum Gasteiger partial charge on any atom is -0.508 e. The van der Waals surface area contributed by atoms with Crippen molar-refractivity contribution < 1.29 is 34.5 Å². The van der Waals surface area contributed by atoms with Gasteiger partial charge in [-0.1, -0.05) is 26.0 Å². The number of phenolic OH excluding ortho intramolecular Hbond substituents is 1. The van der Waals surface area contributed by atoms with Crippen molar-refractivity contribution >= 4 is 36.3 Å². The number of hydrogen-bond acceptors (Lipinski definition) is 8. The molecule has 0 aliphatic carbocycles. The van der Waals surface area contributed by atoms with Gasteiger partial charge in [0.05, 0.1) is 12.6 Å². The van der Waals surface area contributed by atoms with Crippen LogP contribution in [-0.4, -0.2) is 75.5 Å². The van der Waals surface area contributed by atoms with Crippen molar-refractivity contribution in [2.24, 2.45) is 11.7 Å². The Morgan fingerprint density at radius 1 is 0.969 bits per heavy atom. The molecule has 0 aliphatic rings. The van der Waals surface area contributed by atoms with Gasteiger partial charge in [0.15, 0.2) is 0 Å². The van der Waals surface area contributed by atoms with E-state index in [1.807, 2.05) is 0 Å². The largest absolute Gasteiger partial charge is 0.508 e. The highest BCUT2D eigenvalue weighted by Crippen LogP contribution is 2.11. The smallest absolute Gasteiger partial charge is 0.327 e. The minimum atomic E-state index is -1.37. The summed E-state index contributed by atoms with van der Waals surface area (Å²) >= 11 is 3.88. The fourth-order valence-corrected chi connectivity index (χ4v) is 2.93. The van der Waals surface area contributed by atoms with E-state index >= 15 is 0 Å². The first-order valence-corrected chi connectivity index (χ1v) is 10.5.